The van der Waals surface area contributed by atoms with E-state index in [1.165, 1.54) is 172 Å². The molecule has 4 aromatic rings. The molecule has 0 bridgehead atoms. The molecule has 0 aliphatic heterocycles. The van der Waals surface area contributed by atoms with Crippen LogP contribution in [0.2, 0.25) is 0 Å². The number of hydrogen-bond acceptors (Lipinski definition) is 8. The standard InChI is InChI=1S/C33H49FN2O2.C32H47FN2O2/c1-3-5-7-9-10-11-12-14-16-27-24-35-32(36-25-27)28-19-22-30(31(34)23-28)33(37)38-29-20-17-26(18-21-29)15-13-8-6-4-2;1-3-5-7-8-9-10-11-13-15-26-23-34-31(35-24-26)27-18-21-29(30(33)22-27)32(36)37-28-19-16-25(17-20-28)14-12-6-4-2/h19,22-26,29H,3-18,20-21H2,1-2H3;18,21-25,28H,3-17,19-20H2,1-2H3. The molecule has 2 fully saturated rings. The van der Waals surface area contributed by atoms with Crippen LogP contribution >= 0.6 is 0 Å². The van der Waals surface area contributed by atoms with Crippen LogP contribution in [0.4, 0.5) is 8.78 Å². The molecule has 414 valence electrons. The zero-order valence-electron chi connectivity index (χ0n) is 47.0. The van der Waals surface area contributed by atoms with Crippen molar-refractivity contribution in [2.45, 2.75) is 265 Å². The average Bonchev–Trinajstić information content (AvgIpc) is 3.43. The maximum atomic E-state index is 14.9. The van der Waals surface area contributed by atoms with E-state index < -0.39 is 23.6 Å². The number of nitrogens with zero attached hydrogens (tertiary/aromatic N) is 4. The lowest BCUT2D eigenvalue weighted by molar-refractivity contribution is 0.0147. The minimum absolute atomic E-state index is 0.0123. The van der Waals surface area contributed by atoms with Crippen molar-refractivity contribution in [3.8, 4) is 22.8 Å². The van der Waals surface area contributed by atoms with Gasteiger partial charge in [-0.05, 0) is 124 Å². The third-order valence-electron chi connectivity index (χ3n) is 15.8. The van der Waals surface area contributed by atoms with Crippen molar-refractivity contribution >= 4 is 11.9 Å². The second-order valence-corrected chi connectivity index (χ2v) is 22.1. The average molecular weight is 1040 g/mol. The Kier molecular flexibility index (Phi) is 29.8. The first kappa shape index (κ1) is 61.3. The number of carbonyl (C=O) groups is 2. The van der Waals surface area contributed by atoms with Gasteiger partial charge in [0.25, 0.3) is 0 Å². The Labute approximate surface area is 452 Å². The van der Waals surface area contributed by atoms with Crippen LogP contribution in [0.3, 0.4) is 0 Å². The predicted octanol–water partition coefficient (Wildman–Crippen LogP) is 18.9. The highest BCUT2D eigenvalue weighted by Gasteiger charge is 2.27. The second kappa shape index (κ2) is 36.4. The van der Waals surface area contributed by atoms with Gasteiger partial charge in [-0.1, -0.05) is 188 Å². The second-order valence-electron chi connectivity index (χ2n) is 22.1. The molecule has 0 N–H and O–H groups in total. The van der Waals surface area contributed by atoms with Crippen LogP contribution in [-0.2, 0) is 22.3 Å². The van der Waals surface area contributed by atoms with Gasteiger partial charge in [0.1, 0.15) is 23.8 Å². The normalized spacial score (nSPS) is 17.5. The minimum atomic E-state index is -0.581. The number of unbranched alkanes of at least 4 members (excludes halogenated alkanes) is 19. The highest BCUT2D eigenvalue weighted by Crippen LogP contribution is 2.33. The van der Waals surface area contributed by atoms with E-state index in [1.54, 1.807) is 12.1 Å². The first-order chi connectivity index (χ1) is 36.7. The number of aromatic nitrogens is 4. The molecule has 0 saturated heterocycles. The maximum Gasteiger partial charge on any atom is 0.341 e. The van der Waals surface area contributed by atoms with Crippen LogP contribution in [0.1, 0.15) is 271 Å². The summed E-state index contributed by atoms with van der Waals surface area (Å²) in [6, 6.07) is 9.11. The number of benzene rings is 2. The van der Waals surface area contributed by atoms with Gasteiger partial charge < -0.3 is 9.47 Å². The van der Waals surface area contributed by atoms with Crippen molar-refractivity contribution in [1.82, 2.24) is 19.9 Å². The molecule has 0 amide bonds. The van der Waals surface area contributed by atoms with Crippen LogP contribution < -0.4 is 0 Å². The van der Waals surface area contributed by atoms with Crippen molar-refractivity contribution in [2.24, 2.45) is 11.8 Å². The van der Waals surface area contributed by atoms with E-state index in [2.05, 4.69) is 47.6 Å². The summed E-state index contributed by atoms with van der Waals surface area (Å²) < 4.78 is 41.0. The van der Waals surface area contributed by atoms with Crippen LogP contribution in [0.15, 0.2) is 61.2 Å². The molecule has 10 heteroatoms. The predicted molar refractivity (Wildman–Crippen MR) is 303 cm³/mol. The summed E-state index contributed by atoms with van der Waals surface area (Å²) in [5, 5.41) is 0. The zero-order valence-corrected chi connectivity index (χ0v) is 47.0. The van der Waals surface area contributed by atoms with E-state index in [0.717, 1.165) is 100 Å². The molecule has 2 heterocycles. The molecule has 0 unspecified atom stereocenters. The van der Waals surface area contributed by atoms with Crippen LogP contribution in [0.5, 0.6) is 0 Å². The van der Waals surface area contributed by atoms with Gasteiger partial charge in [0.15, 0.2) is 11.6 Å². The van der Waals surface area contributed by atoms with Crippen LogP contribution in [-0.4, -0.2) is 44.1 Å². The lowest BCUT2D eigenvalue weighted by Crippen LogP contribution is -2.25. The van der Waals surface area contributed by atoms with Crippen molar-refractivity contribution in [3.05, 3.63) is 95.1 Å². The Balaban J connectivity index is 0.000000277. The molecule has 2 aliphatic carbocycles. The molecule has 2 aromatic carbocycles. The molecule has 75 heavy (non-hydrogen) atoms. The van der Waals surface area contributed by atoms with Gasteiger partial charge in [-0.2, -0.15) is 0 Å². The van der Waals surface area contributed by atoms with E-state index in [1.807, 2.05) is 24.8 Å². The van der Waals surface area contributed by atoms with Crippen molar-refractivity contribution in [2.75, 3.05) is 0 Å². The Morgan fingerprint density at radius 2 is 0.733 bits per heavy atom. The molecule has 0 spiro atoms. The van der Waals surface area contributed by atoms with Crippen molar-refractivity contribution in [3.63, 3.8) is 0 Å². The lowest BCUT2D eigenvalue weighted by atomic mass is 9.84. The smallest absolute Gasteiger partial charge is 0.341 e. The fourth-order valence-corrected chi connectivity index (χ4v) is 10.9. The van der Waals surface area contributed by atoms with Crippen molar-refractivity contribution in [1.29, 1.82) is 0 Å². The number of halogens is 2. The van der Waals surface area contributed by atoms with E-state index in [4.69, 9.17) is 9.47 Å². The van der Waals surface area contributed by atoms with Crippen LogP contribution in [0, 0.1) is 23.5 Å². The quantitative estimate of drug-likeness (QED) is 0.0343. The topological polar surface area (TPSA) is 104 Å². The molecule has 2 saturated carbocycles. The van der Waals surface area contributed by atoms with E-state index in [-0.39, 0.29) is 23.3 Å². The molecule has 2 aliphatic rings. The monoisotopic (exact) mass is 1030 g/mol. The lowest BCUT2D eigenvalue weighted by Gasteiger charge is -2.28. The third kappa shape index (κ3) is 23.3. The SMILES string of the molecule is CCCCCCCCCCc1cnc(-c2ccc(C(=O)OC3CCC(CCCCC)CC3)c(F)c2)nc1.CCCCCCCCCCc1cnc(-c2ccc(C(=O)OC3CCC(CCCCCC)CC3)c(F)c2)nc1. The summed E-state index contributed by atoms with van der Waals surface area (Å²) in [4.78, 5) is 43.1. The summed E-state index contributed by atoms with van der Waals surface area (Å²) in [5.74, 6) is 0.127. The largest absolute Gasteiger partial charge is 0.459 e. The Hall–Kier alpha value is -4.60. The Morgan fingerprint density at radius 1 is 0.427 bits per heavy atom. The summed E-state index contributed by atoms with van der Waals surface area (Å²) in [5.41, 5.74) is 3.33. The van der Waals surface area contributed by atoms with Gasteiger partial charge in [0, 0.05) is 35.9 Å². The summed E-state index contributed by atoms with van der Waals surface area (Å²) >= 11 is 0. The Morgan fingerprint density at radius 3 is 1.08 bits per heavy atom. The number of hydrogen-bond donors (Lipinski definition) is 0. The van der Waals surface area contributed by atoms with E-state index in [9.17, 15) is 18.4 Å². The molecular formula is C65H96F2N4O4. The first-order valence-electron chi connectivity index (χ1n) is 30.3. The van der Waals surface area contributed by atoms with Gasteiger partial charge in [0.2, 0.25) is 0 Å². The van der Waals surface area contributed by atoms with E-state index in [0.29, 0.717) is 22.8 Å². The fourth-order valence-electron chi connectivity index (χ4n) is 10.9. The zero-order chi connectivity index (χ0) is 53.3. The summed E-state index contributed by atoms with van der Waals surface area (Å²) in [6.07, 6.45) is 49.2. The molecule has 0 radical (unpaired) electrons. The number of esters is 2. The third-order valence-corrected chi connectivity index (χ3v) is 15.8. The summed E-state index contributed by atoms with van der Waals surface area (Å²) in [6.45, 7) is 8.96. The van der Waals surface area contributed by atoms with E-state index >= 15 is 0 Å². The fraction of sp³-hybridized carbons (Fsp3) is 0.662. The number of aryl methyl sites for hydroxylation is 2. The van der Waals surface area contributed by atoms with Gasteiger partial charge in [-0.25, -0.2) is 38.3 Å². The molecule has 2 aromatic heterocycles. The van der Waals surface area contributed by atoms with Gasteiger partial charge in [-0.15, -0.1) is 0 Å². The molecule has 8 nitrogen and oxygen atoms in total. The highest BCUT2D eigenvalue weighted by molar-refractivity contribution is 5.91. The first-order valence-corrected chi connectivity index (χ1v) is 30.3. The van der Waals surface area contributed by atoms with Gasteiger partial charge in [0.05, 0.1) is 11.1 Å². The van der Waals surface area contributed by atoms with Crippen LogP contribution in [0.25, 0.3) is 22.8 Å². The maximum absolute atomic E-state index is 14.9. The molecule has 0 atom stereocenters. The number of carbonyl (C=O) groups excluding carboxylic acids is 2. The Bertz CT molecular complexity index is 2170. The van der Waals surface area contributed by atoms with Crippen molar-refractivity contribution < 1.29 is 27.8 Å². The minimum Gasteiger partial charge on any atom is -0.459 e. The van der Waals surface area contributed by atoms with Gasteiger partial charge >= 0.3 is 11.9 Å². The highest BCUT2D eigenvalue weighted by atomic mass is 19.1. The number of rotatable bonds is 33. The van der Waals surface area contributed by atoms with Gasteiger partial charge in [-0.3, -0.25) is 0 Å². The molecular weight excluding hydrogens is 939 g/mol. The number of ether oxygens (including phenoxy) is 2. The molecule has 6 rings (SSSR count). The summed E-state index contributed by atoms with van der Waals surface area (Å²) in [7, 11) is 0.